The van der Waals surface area contributed by atoms with E-state index in [0.29, 0.717) is 13.0 Å². The summed E-state index contributed by atoms with van der Waals surface area (Å²) in [6.45, 7) is 0.716. The second kappa shape index (κ2) is 11.2. The Morgan fingerprint density at radius 3 is 1.77 bits per heavy atom. The Labute approximate surface area is 180 Å². The Morgan fingerprint density at radius 2 is 1.23 bits per heavy atom. The van der Waals surface area contributed by atoms with E-state index in [1.165, 1.54) is 5.56 Å². The molecule has 0 saturated heterocycles. The molecular formula is C23H22NOY-. The molecule has 0 heterocycles. The van der Waals surface area contributed by atoms with Crippen molar-refractivity contribution in [3.05, 3.63) is 108 Å². The summed E-state index contributed by atoms with van der Waals surface area (Å²) in [5, 5.41) is 3.56. The first-order valence-corrected chi connectivity index (χ1v) is 8.60. The molecule has 0 aromatic heterocycles. The molecule has 0 spiro atoms. The van der Waals surface area contributed by atoms with Crippen molar-refractivity contribution in [2.45, 2.75) is 19.0 Å². The average molecular weight is 417 g/mol. The summed E-state index contributed by atoms with van der Waals surface area (Å²) in [7, 11) is 0. The largest absolute Gasteiger partial charge is 0.541 e. The third kappa shape index (κ3) is 5.98. The summed E-state index contributed by atoms with van der Waals surface area (Å²) < 4.78 is 0. The molecule has 0 bridgehead atoms. The summed E-state index contributed by atoms with van der Waals surface area (Å²) in [4.78, 5) is 11.8. The maximum atomic E-state index is 11.8. The van der Waals surface area contributed by atoms with E-state index < -0.39 is 0 Å². The average Bonchev–Trinajstić information content (AvgIpc) is 2.69. The molecule has 3 rings (SSSR count). The standard InChI is InChI=1S/C23H22NO.Y/c25-18-22(16-19-10-4-1-5-11-19)23(21-14-8-3-9-15-21)24-17-20-12-6-2-7-13-20;/h1-15,22-24H,16-17H2;/q-1;. The quantitative estimate of drug-likeness (QED) is 0.548. The van der Waals surface area contributed by atoms with Gasteiger partial charge in [0.05, 0.1) is 0 Å². The fraction of sp³-hybridized carbons (Fsp3) is 0.174. The predicted octanol–water partition coefficient (Wildman–Crippen LogP) is 4.48. The molecule has 0 saturated carbocycles. The Bertz CT molecular complexity index is 762. The molecule has 0 aliphatic heterocycles. The number of nitrogens with one attached hydrogen (secondary N) is 1. The van der Waals surface area contributed by atoms with E-state index in [4.69, 9.17) is 0 Å². The Balaban J connectivity index is 0.00000243. The number of rotatable bonds is 8. The van der Waals surface area contributed by atoms with Gasteiger partial charge in [0.25, 0.3) is 0 Å². The molecule has 0 amide bonds. The normalized spacial score (nSPS) is 12.6. The van der Waals surface area contributed by atoms with E-state index in [-0.39, 0.29) is 44.7 Å². The van der Waals surface area contributed by atoms with Gasteiger partial charge in [-0.2, -0.15) is 0 Å². The van der Waals surface area contributed by atoms with Gasteiger partial charge in [0.1, 0.15) is 0 Å². The third-order valence-corrected chi connectivity index (χ3v) is 4.38. The van der Waals surface area contributed by atoms with Gasteiger partial charge in [-0.3, -0.25) is 6.29 Å². The zero-order valence-corrected chi connectivity index (χ0v) is 17.6. The van der Waals surface area contributed by atoms with Crippen LogP contribution in [-0.2, 0) is 50.5 Å². The van der Waals surface area contributed by atoms with Crippen LogP contribution in [0.2, 0.25) is 0 Å². The van der Waals surface area contributed by atoms with Crippen LogP contribution in [0.15, 0.2) is 91.0 Å². The molecule has 1 N–H and O–H groups in total. The van der Waals surface area contributed by atoms with Gasteiger partial charge in [-0.05, 0) is 17.5 Å². The SMILES string of the molecule is O=[C-]C(Cc1ccccc1)C(NCc1ccccc1)c1ccccc1.[Y]. The first-order chi connectivity index (χ1) is 12.4. The second-order valence-electron chi connectivity index (χ2n) is 6.17. The number of carbonyl (C=O) groups excluding carboxylic acids is 1. The summed E-state index contributed by atoms with van der Waals surface area (Å²) >= 11 is 0. The first kappa shape index (κ1) is 20.7. The second-order valence-corrected chi connectivity index (χ2v) is 6.17. The topological polar surface area (TPSA) is 29.1 Å². The molecule has 129 valence electrons. The van der Waals surface area contributed by atoms with Crippen LogP contribution in [0.5, 0.6) is 0 Å². The van der Waals surface area contributed by atoms with E-state index in [1.54, 1.807) is 0 Å². The Kier molecular flexibility index (Phi) is 8.90. The van der Waals surface area contributed by atoms with Crippen LogP contribution in [0, 0.1) is 5.92 Å². The van der Waals surface area contributed by atoms with Gasteiger partial charge in [0.2, 0.25) is 0 Å². The van der Waals surface area contributed by atoms with Crippen molar-refractivity contribution in [3.8, 4) is 0 Å². The van der Waals surface area contributed by atoms with Crippen molar-refractivity contribution in [1.29, 1.82) is 0 Å². The maximum Gasteiger partial charge on any atom is 0.0210 e. The molecule has 0 aliphatic rings. The van der Waals surface area contributed by atoms with Crippen LogP contribution in [0.4, 0.5) is 0 Å². The minimum Gasteiger partial charge on any atom is -0.541 e. The van der Waals surface area contributed by atoms with E-state index in [9.17, 15) is 4.79 Å². The minimum atomic E-state index is -0.242. The molecule has 1 radical (unpaired) electrons. The summed E-state index contributed by atoms with van der Waals surface area (Å²) in [5.74, 6) is -0.242. The molecule has 2 atom stereocenters. The molecule has 3 heteroatoms. The van der Waals surface area contributed by atoms with Gasteiger partial charge in [-0.1, -0.05) is 96.6 Å². The van der Waals surface area contributed by atoms with Crippen molar-refractivity contribution >= 4 is 6.29 Å². The Hall–Kier alpha value is -1.61. The fourth-order valence-electron chi connectivity index (χ4n) is 3.07. The molecule has 26 heavy (non-hydrogen) atoms. The van der Waals surface area contributed by atoms with Gasteiger partial charge in [-0.15, -0.1) is 5.92 Å². The number of hydrogen-bond donors (Lipinski definition) is 1. The summed E-state index contributed by atoms with van der Waals surface area (Å²) in [6.07, 6.45) is 2.95. The number of benzene rings is 3. The minimum absolute atomic E-state index is 0. The van der Waals surface area contributed by atoms with E-state index in [2.05, 4.69) is 48.0 Å². The van der Waals surface area contributed by atoms with Gasteiger partial charge < -0.3 is 10.1 Å². The van der Waals surface area contributed by atoms with Gasteiger partial charge in [0, 0.05) is 45.3 Å². The molecule has 0 aliphatic carbocycles. The van der Waals surface area contributed by atoms with Crippen molar-refractivity contribution < 1.29 is 37.5 Å². The molecule has 2 unspecified atom stereocenters. The van der Waals surface area contributed by atoms with Gasteiger partial charge in [-0.25, -0.2) is 0 Å². The molecule has 0 fully saturated rings. The van der Waals surface area contributed by atoms with Crippen LogP contribution >= 0.6 is 0 Å². The molecule has 3 aromatic carbocycles. The van der Waals surface area contributed by atoms with Crippen LogP contribution in [0.25, 0.3) is 0 Å². The molecule has 3 aromatic rings. The van der Waals surface area contributed by atoms with Crippen LogP contribution in [0.1, 0.15) is 22.7 Å². The van der Waals surface area contributed by atoms with E-state index >= 15 is 0 Å². The van der Waals surface area contributed by atoms with Crippen molar-refractivity contribution in [2.24, 2.45) is 5.92 Å². The van der Waals surface area contributed by atoms with Crippen molar-refractivity contribution in [1.82, 2.24) is 5.32 Å². The van der Waals surface area contributed by atoms with Crippen LogP contribution in [-0.4, -0.2) is 6.29 Å². The van der Waals surface area contributed by atoms with E-state index in [1.807, 2.05) is 54.6 Å². The Morgan fingerprint density at radius 1 is 0.731 bits per heavy atom. The summed E-state index contributed by atoms with van der Waals surface area (Å²) in [5.41, 5.74) is 3.47. The predicted molar refractivity (Wildman–Crippen MR) is 102 cm³/mol. The maximum absolute atomic E-state index is 11.8. The zero-order valence-electron chi connectivity index (χ0n) is 14.7. The summed E-state index contributed by atoms with van der Waals surface area (Å²) in [6, 6.07) is 30.4. The monoisotopic (exact) mass is 417 g/mol. The van der Waals surface area contributed by atoms with Crippen molar-refractivity contribution in [2.75, 3.05) is 0 Å². The van der Waals surface area contributed by atoms with Gasteiger partial charge in [0.15, 0.2) is 0 Å². The van der Waals surface area contributed by atoms with Gasteiger partial charge >= 0.3 is 0 Å². The number of hydrogen-bond acceptors (Lipinski definition) is 2. The van der Waals surface area contributed by atoms with Crippen LogP contribution in [0.3, 0.4) is 0 Å². The zero-order chi connectivity index (χ0) is 17.3. The molecule has 2 nitrogen and oxygen atoms in total. The van der Waals surface area contributed by atoms with E-state index in [0.717, 1.165) is 11.1 Å². The van der Waals surface area contributed by atoms with Crippen molar-refractivity contribution in [3.63, 3.8) is 0 Å². The fourth-order valence-corrected chi connectivity index (χ4v) is 3.07. The van der Waals surface area contributed by atoms with Crippen LogP contribution < -0.4 is 5.32 Å². The first-order valence-electron chi connectivity index (χ1n) is 8.60. The third-order valence-electron chi connectivity index (χ3n) is 4.38. The molecular weight excluding hydrogens is 395 g/mol. The smallest absolute Gasteiger partial charge is 0.0210 e.